The van der Waals surface area contributed by atoms with E-state index in [0.717, 1.165) is 0 Å². The van der Waals surface area contributed by atoms with Gasteiger partial charge in [0.2, 0.25) is 0 Å². The average Bonchev–Trinajstić information content (AvgIpc) is 2.55. The molecule has 0 radical (unpaired) electrons. The second-order valence-corrected chi connectivity index (χ2v) is 5.60. The number of aliphatic hydroxyl groups is 4. The predicted molar refractivity (Wildman–Crippen MR) is 75.9 cm³/mol. The van der Waals surface area contributed by atoms with Gasteiger partial charge in [-0.3, -0.25) is 0 Å². The van der Waals surface area contributed by atoms with Crippen molar-refractivity contribution in [2.45, 2.75) is 37.6 Å². The van der Waals surface area contributed by atoms with Crippen molar-refractivity contribution in [1.29, 1.82) is 0 Å². The van der Waals surface area contributed by atoms with E-state index in [2.05, 4.69) is 20.1 Å². The van der Waals surface area contributed by atoms with Crippen molar-refractivity contribution in [3.8, 4) is 0 Å². The average molecular weight is 332 g/mol. The lowest BCUT2D eigenvalue weighted by Gasteiger charge is -2.40. The summed E-state index contributed by atoms with van der Waals surface area (Å²) in [4.78, 5) is 5.27. The SMILES string of the molecule is CC(CN=[N+]=[N-])(CN=[N+]=[N-])CO[C@H]1O[C@H](CO)[C@@H](O)[C@H](O)[C@H]1O. The van der Waals surface area contributed by atoms with Crippen LogP contribution in [0, 0.1) is 5.41 Å². The standard InChI is InChI=1S/C11H20N6O6/c1-11(3-14-16-12,4-15-17-13)5-22-10-9(21)8(20)7(19)6(2-18)23-10/h6-10,18-21H,2-5H2,1H3/t6-,7-,8+,9-,10+/m1/s1. The van der Waals surface area contributed by atoms with Gasteiger partial charge >= 0.3 is 0 Å². The maximum Gasteiger partial charge on any atom is 0.186 e. The van der Waals surface area contributed by atoms with Gasteiger partial charge in [-0.2, -0.15) is 0 Å². The Kier molecular flexibility index (Phi) is 7.49. The first kappa shape index (κ1) is 19.4. The van der Waals surface area contributed by atoms with Crippen LogP contribution < -0.4 is 0 Å². The lowest BCUT2D eigenvalue weighted by Crippen LogP contribution is -2.59. The van der Waals surface area contributed by atoms with Crippen LogP contribution in [0.25, 0.3) is 20.9 Å². The molecule has 0 aromatic carbocycles. The number of rotatable bonds is 8. The minimum atomic E-state index is -1.55. The van der Waals surface area contributed by atoms with Crippen LogP contribution >= 0.6 is 0 Å². The molecule has 0 saturated carbocycles. The Labute approximate surface area is 131 Å². The van der Waals surface area contributed by atoms with Gasteiger partial charge in [0.1, 0.15) is 24.4 Å². The molecule has 130 valence electrons. The monoisotopic (exact) mass is 332 g/mol. The highest BCUT2D eigenvalue weighted by molar-refractivity contribution is 4.89. The summed E-state index contributed by atoms with van der Waals surface area (Å²) < 4.78 is 10.6. The van der Waals surface area contributed by atoms with Crippen LogP contribution in [0.15, 0.2) is 10.2 Å². The second kappa shape index (κ2) is 8.87. The molecule has 4 N–H and O–H groups in total. The van der Waals surface area contributed by atoms with Gasteiger partial charge in [-0.15, -0.1) is 0 Å². The molecule has 23 heavy (non-hydrogen) atoms. The van der Waals surface area contributed by atoms with Crippen LogP contribution in [0.4, 0.5) is 0 Å². The van der Waals surface area contributed by atoms with Crippen LogP contribution in [-0.4, -0.2) is 77.4 Å². The summed E-state index contributed by atoms with van der Waals surface area (Å²) in [5, 5.41) is 45.2. The molecule has 5 atom stereocenters. The maximum atomic E-state index is 9.86. The fourth-order valence-corrected chi connectivity index (χ4v) is 2.03. The zero-order valence-electron chi connectivity index (χ0n) is 12.5. The Morgan fingerprint density at radius 2 is 1.65 bits per heavy atom. The molecular weight excluding hydrogens is 312 g/mol. The number of hydrogen-bond donors (Lipinski definition) is 4. The molecule has 0 bridgehead atoms. The lowest BCUT2D eigenvalue weighted by molar-refractivity contribution is -0.305. The zero-order valence-corrected chi connectivity index (χ0v) is 12.5. The van der Waals surface area contributed by atoms with E-state index in [-0.39, 0.29) is 19.7 Å². The van der Waals surface area contributed by atoms with Gasteiger partial charge in [-0.05, 0) is 11.1 Å². The summed E-state index contributed by atoms with van der Waals surface area (Å²) >= 11 is 0. The van der Waals surface area contributed by atoms with E-state index in [9.17, 15) is 15.3 Å². The van der Waals surface area contributed by atoms with Crippen molar-refractivity contribution >= 4 is 0 Å². The molecule has 1 fully saturated rings. The Bertz CT molecular complexity index is 458. The summed E-state index contributed by atoms with van der Waals surface area (Å²) in [5.74, 6) is 0. The summed E-state index contributed by atoms with van der Waals surface area (Å²) in [5.41, 5.74) is 16.0. The molecule has 0 aliphatic carbocycles. The van der Waals surface area contributed by atoms with Gasteiger partial charge in [-0.25, -0.2) is 0 Å². The van der Waals surface area contributed by atoms with E-state index in [1.54, 1.807) is 6.92 Å². The topological polar surface area (TPSA) is 197 Å². The van der Waals surface area contributed by atoms with E-state index in [4.69, 9.17) is 25.6 Å². The van der Waals surface area contributed by atoms with Crippen LogP contribution in [0.3, 0.4) is 0 Å². The normalized spacial score (nSPS) is 33.2. The molecule has 0 unspecified atom stereocenters. The summed E-state index contributed by atoms with van der Waals surface area (Å²) in [6, 6.07) is 0. The number of hydrogen-bond acceptors (Lipinski definition) is 8. The van der Waals surface area contributed by atoms with E-state index in [1.807, 2.05) is 0 Å². The van der Waals surface area contributed by atoms with Crippen molar-refractivity contribution in [3.05, 3.63) is 20.9 Å². The fraction of sp³-hybridized carbons (Fsp3) is 1.00. The molecule has 0 amide bonds. The fourth-order valence-electron chi connectivity index (χ4n) is 2.03. The van der Waals surface area contributed by atoms with E-state index in [0.29, 0.717) is 0 Å². The van der Waals surface area contributed by atoms with Crippen LogP contribution in [0.2, 0.25) is 0 Å². The first-order chi connectivity index (χ1) is 10.9. The highest BCUT2D eigenvalue weighted by Crippen LogP contribution is 2.25. The Balaban J connectivity index is 2.74. The molecule has 1 heterocycles. The molecular formula is C11H20N6O6. The second-order valence-electron chi connectivity index (χ2n) is 5.60. The zero-order chi connectivity index (χ0) is 17.5. The molecule has 1 aliphatic rings. The summed E-state index contributed by atoms with van der Waals surface area (Å²) in [7, 11) is 0. The number of aliphatic hydroxyl groups excluding tert-OH is 4. The molecule has 1 saturated heterocycles. The van der Waals surface area contributed by atoms with Crippen molar-refractivity contribution < 1.29 is 29.9 Å². The Morgan fingerprint density at radius 3 is 2.13 bits per heavy atom. The molecule has 12 nitrogen and oxygen atoms in total. The Morgan fingerprint density at radius 1 is 1.09 bits per heavy atom. The van der Waals surface area contributed by atoms with Crippen LogP contribution in [0.5, 0.6) is 0 Å². The van der Waals surface area contributed by atoms with Gasteiger partial charge < -0.3 is 29.9 Å². The highest BCUT2D eigenvalue weighted by atomic mass is 16.7. The quantitative estimate of drug-likeness (QED) is 0.260. The minimum Gasteiger partial charge on any atom is -0.394 e. The van der Waals surface area contributed by atoms with Gasteiger partial charge in [-0.1, -0.05) is 17.2 Å². The van der Waals surface area contributed by atoms with Gasteiger partial charge in [0.25, 0.3) is 0 Å². The first-order valence-electron chi connectivity index (χ1n) is 6.82. The third-order valence-corrected chi connectivity index (χ3v) is 3.48. The van der Waals surface area contributed by atoms with Crippen molar-refractivity contribution in [2.75, 3.05) is 26.3 Å². The summed E-state index contributed by atoms with van der Waals surface area (Å²) in [6.07, 6.45) is -6.95. The van der Waals surface area contributed by atoms with E-state index in [1.165, 1.54) is 0 Å². The van der Waals surface area contributed by atoms with Crippen LogP contribution in [0.1, 0.15) is 6.92 Å². The smallest absolute Gasteiger partial charge is 0.186 e. The van der Waals surface area contributed by atoms with E-state index < -0.39 is 42.7 Å². The Hall–Kier alpha value is -1.62. The number of nitrogens with zero attached hydrogens (tertiary/aromatic N) is 6. The lowest BCUT2D eigenvalue weighted by atomic mass is 9.92. The van der Waals surface area contributed by atoms with Crippen molar-refractivity contribution in [3.63, 3.8) is 0 Å². The number of azide groups is 2. The molecule has 0 spiro atoms. The molecule has 0 aromatic heterocycles. The molecule has 0 aromatic rings. The third kappa shape index (κ3) is 5.20. The van der Waals surface area contributed by atoms with Crippen molar-refractivity contribution in [2.24, 2.45) is 15.6 Å². The largest absolute Gasteiger partial charge is 0.394 e. The maximum absolute atomic E-state index is 9.86. The molecule has 12 heteroatoms. The van der Waals surface area contributed by atoms with Gasteiger partial charge in [0.05, 0.1) is 13.2 Å². The van der Waals surface area contributed by atoms with Gasteiger partial charge in [0, 0.05) is 28.3 Å². The highest BCUT2D eigenvalue weighted by Gasteiger charge is 2.44. The molecule has 1 rings (SSSR count). The first-order valence-corrected chi connectivity index (χ1v) is 6.82. The number of ether oxygens (including phenoxy) is 2. The minimum absolute atomic E-state index is 0.0278. The third-order valence-electron chi connectivity index (χ3n) is 3.48. The van der Waals surface area contributed by atoms with Crippen molar-refractivity contribution in [1.82, 2.24) is 0 Å². The summed E-state index contributed by atoms with van der Waals surface area (Å²) in [6.45, 7) is 0.896. The molecule has 1 aliphatic heterocycles. The van der Waals surface area contributed by atoms with Gasteiger partial charge in [0.15, 0.2) is 6.29 Å². The van der Waals surface area contributed by atoms with E-state index >= 15 is 0 Å². The predicted octanol–water partition coefficient (Wildman–Crippen LogP) is -0.570. The van der Waals surface area contributed by atoms with Crippen LogP contribution in [-0.2, 0) is 9.47 Å².